The van der Waals surface area contributed by atoms with E-state index in [1.807, 2.05) is 0 Å². The SMILES string of the molecule is CCOC(=O)c1ccc(NS(=O)(=O)c2ccc3c(c2)OCCCO3)cc1. The summed E-state index contributed by atoms with van der Waals surface area (Å²) in [5.41, 5.74) is 0.690. The lowest BCUT2D eigenvalue weighted by Gasteiger charge is -2.12. The van der Waals surface area contributed by atoms with E-state index in [4.69, 9.17) is 14.2 Å². The molecule has 7 nitrogen and oxygen atoms in total. The number of esters is 1. The van der Waals surface area contributed by atoms with Gasteiger partial charge in [-0.25, -0.2) is 13.2 Å². The van der Waals surface area contributed by atoms with Gasteiger partial charge in [0.25, 0.3) is 10.0 Å². The summed E-state index contributed by atoms with van der Waals surface area (Å²) in [4.78, 5) is 11.7. The van der Waals surface area contributed by atoms with E-state index in [2.05, 4.69) is 4.72 Å². The van der Waals surface area contributed by atoms with Crippen molar-refractivity contribution in [1.29, 1.82) is 0 Å². The first kappa shape index (κ1) is 18.1. The van der Waals surface area contributed by atoms with Gasteiger partial charge in [-0.2, -0.15) is 0 Å². The van der Waals surface area contributed by atoms with Crippen molar-refractivity contribution in [1.82, 2.24) is 0 Å². The van der Waals surface area contributed by atoms with Crippen LogP contribution in [0.1, 0.15) is 23.7 Å². The minimum absolute atomic E-state index is 0.0659. The van der Waals surface area contributed by atoms with Gasteiger partial charge in [0.05, 0.1) is 30.3 Å². The second-order valence-corrected chi connectivity index (χ2v) is 7.24. The van der Waals surface area contributed by atoms with Gasteiger partial charge in [0.2, 0.25) is 0 Å². The fourth-order valence-electron chi connectivity index (χ4n) is 2.41. The number of carbonyl (C=O) groups excluding carboxylic acids is 1. The summed E-state index contributed by atoms with van der Waals surface area (Å²) in [5, 5.41) is 0. The lowest BCUT2D eigenvalue weighted by molar-refractivity contribution is 0.0526. The molecule has 0 amide bonds. The molecular weight excluding hydrogens is 358 g/mol. The maximum absolute atomic E-state index is 12.6. The number of sulfonamides is 1. The van der Waals surface area contributed by atoms with Crippen LogP contribution in [-0.2, 0) is 14.8 Å². The van der Waals surface area contributed by atoms with Gasteiger partial charge in [-0.3, -0.25) is 4.72 Å². The predicted molar refractivity (Wildman–Crippen MR) is 95.3 cm³/mol. The number of benzene rings is 2. The highest BCUT2D eigenvalue weighted by atomic mass is 32.2. The highest BCUT2D eigenvalue weighted by Crippen LogP contribution is 2.32. The van der Waals surface area contributed by atoms with E-state index in [0.29, 0.717) is 36.0 Å². The van der Waals surface area contributed by atoms with Crippen LogP contribution in [0.3, 0.4) is 0 Å². The van der Waals surface area contributed by atoms with E-state index in [1.54, 1.807) is 13.0 Å². The molecule has 8 heteroatoms. The third kappa shape index (κ3) is 4.08. The van der Waals surface area contributed by atoms with Gasteiger partial charge in [0.15, 0.2) is 11.5 Å². The molecule has 2 aromatic carbocycles. The van der Waals surface area contributed by atoms with E-state index in [9.17, 15) is 13.2 Å². The first-order valence-electron chi connectivity index (χ1n) is 8.19. The van der Waals surface area contributed by atoms with Gasteiger partial charge in [-0.1, -0.05) is 0 Å². The van der Waals surface area contributed by atoms with Gasteiger partial charge in [-0.15, -0.1) is 0 Å². The van der Waals surface area contributed by atoms with Crippen molar-refractivity contribution in [2.24, 2.45) is 0 Å². The summed E-state index contributed by atoms with van der Waals surface area (Å²) in [6.07, 6.45) is 0.738. The summed E-state index contributed by atoms with van der Waals surface area (Å²) in [6, 6.07) is 10.5. The van der Waals surface area contributed by atoms with Crippen molar-refractivity contribution in [3.8, 4) is 11.5 Å². The Bertz CT molecular complexity index is 892. The zero-order chi connectivity index (χ0) is 18.6. The average molecular weight is 377 g/mol. The van der Waals surface area contributed by atoms with Crippen LogP contribution in [0, 0.1) is 0 Å². The van der Waals surface area contributed by atoms with Crippen LogP contribution in [0.2, 0.25) is 0 Å². The molecule has 0 saturated heterocycles. The maximum atomic E-state index is 12.6. The molecule has 1 aliphatic rings. The topological polar surface area (TPSA) is 90.9 Å². The molecule has 0 radical (unpaired) electrons. The number of fused-ring (bicyclic) bond motifs is 1. The minimum atomic E-state index is -3.80. The maximum Gasteiger partial charge on any atom is 0.338 e. The molecule has 3 rings (SSSR count). The molecule has 0 aromatic heterocycles. The van der Waals surface area contributed by atoms with Crippen molar-refractivity contribution in [2.75, 3.05) is 24.5 Å². The first-order valence-corrected chi connectivity index (χ1v) is 9.67. The summed E-state index contributed by atoms with van der Waals surface area (Å²) >= 11 is 0. The molecule has 26 heavy (non-hydrogen) atoms. The van der Waals surface area contributed by atoms with E-state index in [-0.39, 0.29) is 11.5 Å². The first-order chi connectivity index (χ1) is 12.5. The largest absolute Gasteiger partial charge is 0.490 e. The smallest absolute Gasteiger partial charge is 0.338 e. The van der Waals surface area contributed by atoms with Crippen LogP contribution >= 0.6 is 0 Å². The Morgan fingerprint density at radius 1 is 1.08 bits per heavy atom. The molecule has 2 aromatic rings. The van der Waals surface area contributed by atoms with Crippen LogP contribution in [0.15, 0.2) is 47.4 Å². The normalized spacial score (nSPS) is 13.6. The predicted octanol–water partition coefficient (Wildman–Crippen LogP) is 2.83. The molecular formula is C18H19NO6S. The van der Waals surface area contributed by atoms with Gasteiger partial charge in [-0.05, 0) is 43.3 Å². The number of carbonyl (C=O) groups is 1. The second-order valence-electron chi connectivity index (χ2n) is 5.56. The molecule has 1 N–H and O–H groups in total. The Morgan fingerprint density at radius 3 is 2.46 bits per heavy atom. The number of hydrogen-bond acceptors (Lipinski definition) is 6. The van der Waals surface area contributed by atoms with Crippen LogP contribution < -0.4 is 14.2 Å². The molecule has 1 heterocycles. The van der Waals surface area contributed by atoms with Crippen molar-refractivity contribution < 1.29 is 27.4 Å². The van der Waals surface area contributed by atoms with Crippen LogP contribution in [0.4, 0.5) is 5.69 Å². The molecule has 0 spiro atoms. The Labute approximate surface area is 151 Å². The summed E-state index contributed by atoms with van der Waals surface area (Å²) in [6.45, 7) is 3.00. The second kappa shape index (κ2) is 7.65. The van der Waals surface area contributed by atoms with Gasteiger partial charge >= 0.3 is 5.97 Å². The van der Waals surface area contributed by atoms with Crippen LogP contribution in [0.5, 0.6) is 11.5 Å². The van der Waals surface area contributed by atoms with Gasteiger partial charge in [0.1, 0.15) is 0 Å². The summed E-state index contributed by atoms with van der Waals surface area (Å²) in [7, 11) is -3.80. The standard InChI is InChI=1S/C18H19NO6S/c1-2-23-18(20)13-4-6-14(7-5-13)19-26(21,22)15-8-9-16-17(12-15)25-11-3-10-24-16/h4-9,12,19H,2-3,10-11H2,1H3. The van der Waals surface area contributed by atoms with E-state index >= 15 is 0 Å². The Hall–Kier alpha value is -2.74. The van der Waals surface area contributed by atoms with Gasteiger partial charge < -0.3 is 14.2 Å². The third-order valence-electron chi connectivity index (χ3n) is 3.68. The molecule has 0 unspecified atom stereocenters. The number of anilines is 1. The fourth-order valence-corrected chi connectivity index (χ4v) is 3.49. The molecule has 1 aliphatic heterocycles. The van der Waals surface area contributed by atoms with Crippen molar-refractivity contribution >= 4 is 21.7 Å². The summed E-state index contributed by atoms with van der Waals surface area (Å²) in [5.74, 6) is 0.480. The van der Waals surface area contributed by atoms with E-state index in [1.165, 1.54) is 36.4 Å². The third-order valence-corrected chi connectivity index (χ3v) is 5.06. The van der Waals surface area contributed by atoms with E-state index < -0.39 is 16.0 Å². The average Bonchev–Trinajstić information content (AvgIpc) is 2.87. The van der Waals surface area contributed by atoms with Crippen molar-refractivity contribution in [3.63, 3.8) is 0 Å². The monoisotopic (exact) mass is 377 g/mol. The fraction of sp³-hybridized carbons (Fsp3) is 0.278. The van der Waals surface area contributed by atoms with Crippen molar-refractivity contribution in [3.05, 3.63) is 48.0 Å². The molecule has 0 bridgehead atoms. The quantitative estimate of drug-likeness (QED) is 0.806. The van der Waals surface area contributed by atoms with Crippen LogP contribution in [0.25, 0.3) is 0 Å². The van der Waals surface area contributed by atoms with Crippen molar-refractivity contribution in [2.45, 2.75) is 18.2 Å². The minimum Gasteiger partial charge on any atom is -0.490 e. The highest BCUT2D eigenvalue weighted by Gasteiger charge is 2.19. The van der Waals surface area contributed by atoms with E-state index in [0.717, 1.165) is 6.42 Å². The lowest BCUT2D eigenvalue weighted by Crippen LogP contribution is -2.13. The number of rotatable bonds is 5. The lowest BCUT2D eigenvalue weighted by atomic mass is 10.2. The van der Waals surface area contributed by atoms with Crippen LogP contribution in [-0.4, -0.2) is 34.2 Å². The molecule has 138 valence electrons. The Morgan fingerprint density at radius 2 is 1.77 bits per heavy atom. The Balaban J connectivity index is 1.78. The number of hydrogen-bond donors (Lipinski definition) is 1. The number of ether oxygens (including phenoxy) is 3. The zero-order valence-corrected chi connectivity index (χ0v) is 15.0. The highest BCUT2D eigenvalue weighted by molar-refractivity contribution is 7.92. The zero-order valence-electron chi connectivity index (χ0n) is 14.2. The molecule has 0 atom stereocenters. The number of nitrogens with one attached hydrogen (secondary N) is 1. The molecule has 0 fully saturated rings. The summed E-state index contributed by atoms with van der Waals surface area (Å²) < 4.78 is 43.6. The van der Waals surface area contributed by atoms with Gasteiger partial charge in [0, 0.05) is 18.2 Å². The Kier molecular flexibility index (Phi) is 5.32. The molecule has 0 saturated carbocycles. The molecule has 0 aliphatic carbocycles.